The number of carbonyl (C=O) groups is 1. The fraction of sp³-hybridized carbons (Fsp3) is 0.0909. The summed E-state index contributed by atoms with van der Waals surface area (Å²) in [5, 5.41) is 4.89. The number of hydrogen-bond donors (Lipinski definition) is 1. The van der Waals surface area contributed by atoms with Gasteiger partial charge in [0.25, 0.3) is 5.91 Å². The van der Waals surface area contributed by atoms with Crippen molar-refractivity contribution in [3.8, 4) is 5.75 Å². The van der Waals surface area contributed by atoms with E-state index in [1.807, 2.05) is 66.2 Å². The Morgan fingerprint density at radius 2 is 1.97 bits per heavy atom. The van der Waals surface area contributed by atoms with Gasteiger partial charge in [-0.3, -0.25) is 4.79 Å². The molecule has 2 heterocycles. The first-order chi connectivity index (χ1) is 14.1. The summed E-state index contributed by atoms with van der Waals surface area (Å²) < 4.78 is 14.2. The number of hydrogen-bond acceptors (Lipinski definition) is 4. The van der Waals surface area contributed by atoms with Gasteiger partial charge in [0.15, 0.2) is 0 Å². The number of nitrogens with zero attached hydrogens (tertiary/aromatic N) is 2. The van der Waals surface area contributed by atoms with E-state index in [2.05, 4.69) is 26.5 Å². The van der Waals surface area contributed by atoms with Gasteiger partial charge < -0.3 is 13.7 Å². The van der Waals surface area contributed by atoms with E-state index >= 15 is 0 Å². The monoisotopic (exact) mass is 451 g/mol. The summed E-state index contributed by atoms with van der Waals surface area (Å²) in [7, 11) is 1.91. The maximum absolute atomic E-state index is 12.5. The summed E-state index contributed by atoms with van der Waals surface area (Å²) in [6.07, 6.45) is 3.25. The van der Waals surface area contributed by atoms with E-state index in [1.165, 1.54) is 6.21 Å². The third kappa shape index (κ3) is 4.25. The van der Waals surface area contributed by atoms with Crippen molar-refractivity contribution in [1.29, 1.82) is 0 Å². The highest BCUT2D eigenvalue weighted by Crippen LogP contribution is 2.25. The summed E-state index contributed by atoms with van der Waals surface area (Å²) in [4.78, 5) is 12.5. The molecule has 0 aliphatic carbocycles. The number of amides is 1. The molecule has 0 atom stereocenters. The molecule has 7 heteroatoms. The number of carbonyl (C=O) groups excluding carboxylic acids is 1. The van der Waals surface area contributed by atoms with Crippen LogP contribution in [0.1, 0.15) is 21.9 Å². The van der Waals surface area contributed by atoms with Crippen LogP contribution in [0, 0.1) is 0 Å². The molecule has 0 unspecified atom stereocenters. The third-order valence-electron chi connectivity index (χ3n) is 4.39. The molecule has 2 aromatic heterocycles. The molecule has 6 nitrogen and oxygen atoms in total. The molecule has 0 bridgehead atoms. The van der Waals surface area contributed by atoms with E-state index in [0.29, 0.717) is 23.7 Å². The average Bonchev–Trinajstić information content (AvgIpc) is 3.32. The van der Waals surface area contributed by atoms with Crippen LogP contribution in [0.2, 0.25) is 0 Å². The summed E-state index contributed by atoms with van der Waals surface area (Å²) in [6, 6.07) is 18.9. The summed E-state index contributed by atoms with van der Waals surface area (Å²) in [6.45, 7) is 0.290. The molecule has 0 radical (unpaired) electrons. The van der Waals surface area contributed by atoms with Crippen LogP contribution < -0.4 is 10.2 Å². The Labute approximate surface area is 175 Å². The SMILES string of the molecule is Cn1cc(C(=O)NN=Cc2ccc(COc3ccccc3Br)o2)c2ccccc21. The number of furan rings is 1. The maximum Gasteiger partial charge on any atom is 0.273 e. The number of para-hydroxylation sites is 2. The Kier molecular flexibility index (Phi) is 5.48. The van der Waals surface area contributed by atoms with Crippen LogP contribution in [-0.2, 0) is 13.7 Å². The summed E-state index contributed by atoms with van der Waals surface area (Å²) in [5.74, 6) is 1.64. The lowest BCUT2D eigenvalue weighted by molar-refractivity contribution is 0.0956. The Balaban J connectivity index is 1.37. The Morgan fingerprint density at radius 3 is 2.83 bits per heavy atom. The van der Waals surface area contributed by atoms with Crippen LogP contribution in [-0.4, -0.2) is 16.7 Å². The standard InChI is InChI=1S/C22H18BrN3O3/c1-26-13-18(17-6-2-4-8-20(17)26)22(27)25-24-12-15-10-11-16(29-15)14-28-21-9-5-3-7-19(21)23/h2-13H,14H2,1H3,(H,25,27). The van der Waals surface area contributed by atoms with Crippen molar-refractivity contribution >= 4 is 39.0 Å². The highest BCUT2D eigenvalue weighted by atomic mass is 79.9. The predicted molar refractivity (Wildman–Crippen MR) is 115 cm³/mol. The number of halogens is 1. The highest BCUT2D eigenvalue weighted by Gasteiger charge is 2.12. The molecule has 0 saturated heterocycles. The van der Waals surface area contributed by atoms with Gasteiger partial charge in [0, 0.05) is 24.1 Å². The molecule has 0 aliphatic heterocycles. The Bertz CT molecular complexity index is 1190. The Hall–Kier alpha value is -3.32. The predicted octanol–water partition coefficient (Wildman–Crippen LogP) is 4.88. The molecular formula is C22H18BrN3O3. The fourth-order valence-corrected chi connectivity index (χ4v) is 3.39. The van der Waals surface area contributed by atoms with E-state index in [0.717, 1.165) is 21.1 Å². The number of aromatic nitrogens is 1. The lowest BCUT2D eigenvalue weighted by Crippen LogP contribution is -2.17. The van der Waals surface area contributed by atoms with Gasteiger partial charge in [0.2, 0.25) is 0 Å². The van der Waals surface area contributed by atoms with Crippen molar-refractivity contribution in [1.82, 2.24) is 9.99 Å². The lowest BCUT2D eigenvalue weighted by Gasteiger charge is -2.05. The van der Waals surface area contributed by atoms with Gasteiger partial charge >= 0.3 is 0 Å². The van der Waals surface area contributed by atoms with E-state index in [9.17, 15) is 4.79 Å². The molecule has 146 valence electrons. The quantitative estimate of drug-likeness (QED) is 0.335. The second kappa shape index (κ2) is 8.36. The molecule has 0 aliphatic rings. The van der Waals surface area contributed by atoms with Crippen LogP contribution in [0.25, 0.3) is 10.9 Å². The Morgan fingerprint density at radius 1 is 1.17 bits per heavy atom. The molecular weight excluding hydrogens is 434 g/mol. The normalized spacial score (nSPS) is 11.2. The minimum absolute atomic E-state index is 0.276. The topological polar surface area (TPSA) is 68.8 Å². The number of ether oxygens (including phenoxy) is 1. The zero-order valence-electron chi connectivity index (χ0n) is 15.6. The van der Waals surface area contributed by atoms with Crippen molar-refractivity contribution in [2.24, 2.45) is 12.1 Å². The van der Waals surface area contributed by atoms with Crippen LogP contribution in [0.4, 0.5) is 0 Å². The number of nitrogens with one attached hydrogen (secondary N) is 1. The fourth-order valence-electron chi connectivity index (χ4n) is 2.99. The number of fused-ring (bicyclic) bond motifs is 1. The van der Waals surface area contributed by atoms with Crippen molar-refractivity contribution < 1.29 is 13.9 Å². The third-order valence-corrected chi connectivity index (χ3v) is 5.04. The first-order valence-corrected chi connectivity index (χ1v) is 9.74. The van der Waals surface area contributed by atoms with E-state index in [-0.39, 0.29) is 5.91 Å². The first-order valence-electron chi connectivity index (χ1n) is 8.95. The smallest absolute Gasteiger partial charge is 0.273 e. The second-order valence-electron chi connectivity index (χ2n) is 6.39. The molecule has 4 aromatic rings. The number of aryl methyl sites for hydroxylation is 1. The first kappa shape index (κ1) is 19.0. The average molecular weight is 452 g/mol. The van der Waals surface area contributed by atoms with Gasteiger partial charge in [-0.2, -0.15) is 5.10 Å². The summed E-state index contributed by atoms with van der Waals surface area (Å²) in [5.41, 5.74) is 4.11. The van der Waals surface area contributed by atoms with Gasteiger partial charge in [0.05, 0.1) is 16.3 Å². The van der Waals surface area contributed by atoms with Crippen LogP contribution in [0.3, 0.4) is 0 Å². The van der Waals surface area contributed by atoms with Crippen LogP contribution >= 0.6 is 15.9 Å². The minimum Gasteiger partial charge on any atom is -0.484 e. The number of rotatable bonds is 6. The minimum atomic E-state index is -0.276. The largest absolute Gasteiger partial charge is 0.484 e. The second-order valence-corrected chi connectivity index (χ2v) is 7.25. The van der Waals surface area contributed by atoms with Crippen molar-refractivity contribution in [2.75, 3.05) is 0 Å². The van der Waals surface area contributed by atoms with Gasteiger partial charge in [-0.1, -0.05) is 30.3 Å². The van der Waals surface area contributed by atoms with Gasteiger partial charge in [0.1, 0.15) is 23.9 Å². The maximum atomic E-state index is 12.5. The van der Waals surface area contributed by atoms with Crippen LogP contribution in [0.5, 0.6) is 5.75 Å². The van der Waals surface area contributed by atoms with E-state index < -0.39 is 0 Å². The number of benzene rings is 2. The number of hydrazone groups is 1. The molecule has 29 heavy (non-hydrogen) atoms. The molecule has 0 saturated carbocycles. The van der Waals surface area contributed by atoms with E-state index in [4.69, 9.17) is 9.15 Å². The van der Waals surface area contributed by atoms with E-state index in [1.54, 1.807) is 12.3 Å². The molecule has 4 rings (SSSR count). The van der Waals surface area contributed by atoms with Gasteiger partial charge in [-0.25, -0.2) is 5.43 Å². The zero-order chi connectivity index (χ0) is 20.2. The van der Waals surface area contributed by atoms with Gasteiger partial charge in [-0.05, 0) is 46.3 Å². The van der Waals surface area contributed by atoms with Crippen molar-refractivity contribution in [3.05, 3.63) is 88.4 Å². The van der Waals surface area contributed by atoms with Crippen LogP contribution in [0.15, 0.2) is 80.9 Å². The lowest BCUT2D eigenvalue weighted by atomic mass is 10.2. The zero-order valence-corrected chi connectivity index (χ0v) is 17.2. The van der Waals surface area contributed by atoms with Gasteiger partial charge in [-0.15, -0.1) is 0 Å². The molecule has 1 N–H and O–H groups in total. The molecule has 0 spiro atoms. The van der Waals surface area contributed by atoms with Crippen molar-refractivity contribution in [3.63, 3.8) is 0 Å². The molecule has 1 amide bonds. The molecule has 2 aromatic carbocycles. The molecule has 0 fully saturated rings. The van der Waals surface area contributed by atoms with Crippen molar-refractivity contribution in [2.45, 2.75) is 6.61 Å². The highest BCUT2D eigenvalue weighted by molar-refractivity contribution is 9.10. The summed E-state index contributed by atoms with van der Waals surface area (Å²) >= 11 is 3.44.